The zero-order chi connectivity index (χ0) is 10.3. The van der Waals surface area contributed by atoms with E-state index < -0.39 is 0 Å². The van der Waals surface area contributed by atoms with Crippen molar-refractivity contribution in [1.29, 1.82) is 0 Å². The molecule has 0 saturated heterocycles. The van der Waals surface area contributed by atoms with Gasteiger partial charge < -0.3 is 4.42 Å². The van der Waals surface area contributed by atoms with Gasteiger partial charge in [-0.15, -0.1) is 29.0 Å². The van der Waals surface area contributed by atoms with E-state index in [4.69, 9.17) is 4.42 Å². The molecule has 0 amide bonds. The molecule has 2 aromatic carbocycles. The van der Waals surface area contributed by atoms with Crippen LogP contribution in [0.3, 0.4) is 0 Å². The van der Waals surface area contributed by atoms with E-state index in [1.807, 2.05) is 19.1 Å². The van der Waals surface area contributed by atoms with Crippen molar-refractivity contribution >= 4 is 10.8 Å². The van der Waals surface area contributed by atoms with Gasteiger partial charge in [0, 0.05) is 0 Å². The van der Waals surface area contributed by atoms with Crippen LogP contribution in [-0.2, 0) is 0 Å². The van der Waals surface area contributed by atoms with E-state index in [2.05, 4.69) is 36.4 Å². The van der Waals surface area contributed by atoms with Crippen LogP contribution >= 0.6 is 0 Å². The second-order valence-electron chi connectivity index (χ2n) is 3.78. The van der Waals surface area contributed by atoms with Crippen LogP contribution < -0.4 is 18.9 Å². The number of hydrogen-bond donors (Lipinski definition) is 0. The molecule has 0 bridgehead atoms. The zero-order valence-electron chi connectivity index (χ0n) is 9.53. The molecule has 3 rings (SSSR count). The third kappa shape index (κ3) is 1.85. The smallest absolute Gasteiger partial charge is 0.496 e. The minimum Gasteiger partial charge on any atom is -0.496 e. The molecule has 0 N–H and O–H groups in total. The third-order valence-corrected chi connectivity index (χ3v) is 2.64. The van der Waals surface area contributed by atoms with Gasteiger partial charge in [0.2, 0.25) is 0 Å². The Kier molecular flexibility index (Phi) is 3.01. The van der Waals surface area contributed by atoms with Crippen LogP contribution in [-0.4, -0.2) is 0 Å². The van der Waals surface area contributed by atoms with Crippen molar-refractivity contribution in [3.8, 4) is 11.3 Å². The van der Waals surface area contributed by atoms with Crippen LogP contribution in [0.4, 0.5) is 0 Å². The number of aryl methyl sites for hydroxylation is 1. The summed E-state index contributed by atoms with van der Waals surface area (Å²) in [6, 6.07) is 16.7. The van der Waals surface area contributed by atoms with Gasteiger partial charge in [0.05, 0.1) is 11.5 Å². The standard InChI is InChI=1S/C14H11O.Li/c1-10-6-7-14(15-10)13-8-11-4-2-3-5-12(11)9-13;/h2-9H,1H3;/q-1;+1. The number of rotatable bonds is 1. The van der Waals surface area contributed by atoms with Crippen molar-refractivity contribution in [3.63, 3.8) is 0 Å². The van der Waals surface area contributed by atoms with Crippen LogP contribution in [0.1, 0.15) is 5.76 Å². The summed E-state index contributed by atoms with van der Waals surface area (Å²) in [4.78, 5) is 0. The van der Waals surface area contributed by atoms with Gasteiger partial charge in [-0.2, -0.15) is 0 Å². The van der Waals surface area contributed by atoms with E-state index in [1.54, 1.807) is 0 Å². The quantitative estimate of drug-likeness (QED) is 0.426. The molecule has 1 heterocycles. The first-order valence-corrected chi connectivity index (χ1v) is 5.05. The first kappa shape index (κ1) is 11.2. The molecule has 0 aliphatic heterocycles. The largest absolute Gasteiger partial charge is 1.00 e. The molecule has 0 fully saturated rings. The maximum absolute atomic E-state index is 5.60. The Hall–Kier alpha value is -1.29. The van der Waals surface area contributed by atoms with Crippen molar-refractivity contribution in [3.05, 3.63) is 54.3 Å². The summed E-state index contributed by atoms with van der Waals surface area (Å²) >= 11 is 0. The van der Waals surface area contributed by atoms with E-state index in [0.717, 1.165) is 17.1 Å². The minimum atomic E-state index is 0. The van der Waals surface area contributed by atoms with Crippen LogP contribution in [0.2, 0.25) is 0 Å². The Balaban J connectivity index is 0.000000963. The third-order valence-electron chi connectivity index (χ3n) is 2.64. The monoisotopic (exact) mass is 202 g/mol. The topological polar surface area (TPSA) is 13.1 Å². The van der Waals surface area contributed by atoms with E-state index >= 15 is 0 Å². The second kappa shape index (κ2) is 4.29. The number of benzene rings is 1. The van der Waals surface area contributed by atoms with E-state index in [9.17, 15) is 0 Å². The van der Waals surface area contributed by atoms with Crippen LogP contribution in [0.5, 0.6) is 0 Å². The maximum atomic E-state index is 5.60. The predicted octanol–water partition coefficient (Wildman–Crippen LogP) is 1.13. The Bertz CT molecular complexity index is 571. The van der Waals surface area contributed by atoms with Crippen molar-refractivity contribution in [2.24, 2.45) is 0 Å². The molecular formula is C14H11LiO. The second-order valence-corrected chi connectivity index (χ2v) is 3.78. The molecule has 0 radical (unpaired) electrons. The average Bonchev–Trinajstić information content (AvgIpc) is 2.82. The molecule has 0 unspecified atom stereocenters. The summed E-state index contributed by atoms with van der Waals surface area (Å²) in [7, 11) is 0. The molecule has 3 aromatic rings. The SMILES string of the molecule is Cc1ccc(-c2cc3ccccc3[cH-]2)o1.[Li+]. The van der Waals surface area contributed by atoms with E-state index in [-0.39, 0.29) is 18.9 Å². The first-order valence-electron chi connectivity index (χ1n) is 5.05. The fourth-order valence-electron chi connectivity index (χ4n) is 1.88. The fourth-order valence-corrected chi connectivity index (χ4v) is 1.88. The van der Waals surface area contributed by atoms with Crippen LogP contribution in [0.25, 0.3) is 22.1 Å². The van der Waals surface area contributed by atoms with Crippen molar-refractivity contribution < 1.29 is 23.3 Å². The maximum Gasteiger partial charge on any atom is 1.00 e. The molecule has 0 saturated carbocycles. The fraction of sp³-hybridized carbons (Fsp3) is 0.0714. The zero-order valence-corrected chi connectivity index (χ0v) is 9.53. The Morgan fingerprint density at radius 3 is 2.56 bits per heavy atom. The number of furan rings is 1. The van der Waals surface area contributed by atoms with Gasteiger partial charge in [-0.1, -0.05) is 23.8 Å². The summed E-state index contributed by atoms with van der Waals surface area (Å²) in [5.74, 6) is 1.90. The molecular weight excluding hydrogens is 191 g/mol. The van der Waals surface area contributed by atoms with E-state index in [1.165, 1.54) is 10.8 Å². The predicted molar refractivity (Wildman–Crippen MR) is 62.0 cm³/mol. The summed E-state index contributed by atoms with van der Waals surface area (Å²) in [5, 5.41) is 2.53. The van der Waals surface area contributed by atoms with Crippen molar-refractivity contribution in [2.45, 2.75) is 6.92 Å². The molecule has 0 aliphatic carbocycles. The van der Waals surface area contributed by atoms with Crippen molar-refractivity contribution in [2.75, 3.05) is 0 Å². The van der Waals surface area contributed by atoms with Gasteiger partial charge in [-0.25, -0.2) is 0 Å². The number of fused-ring (bicyclic) bond motifs is 1. The minimum absolute atomic E-state index is 0. The first-order chi connectivity index (χ1) is 7.33. The molecule has 1 nitrogen and oxygen atoms in total. The Morgan fingerprint density at radius 2 is 1.88 bits per heavy atom. The van der Waals surface area contributed by atoms with Gasteiger partial charge in [-0.05, 0) is 19.1 Å². The molecule has 0 atom stereocenters. The molecule has 0 spiro atoms. The van der Waals surface area contributed by atoms with E-state index in [0.29, 0.717) is 0 Å². The molecule has 0 aliphatic rings. The van der Waals surface area contributed by atoms with Crippen molar-refractivity contribution in [1.82, 2.24) is 0 Å². The Labute approximate surface area is 107 Å². The molecule has 16 heavy (non-hydrogen) atoms. The summed E-state index contributed by atoms with van der Waals surface area (Å²) in [5.41, 5.74) is 1.16. The van der Waals surface area contributed by atoms with Gasteiger partial charge >= 0.3 is 18.9 Å². The summed E-state index contributed by atoms with van der Waals surface area (Å²) in [6.45, 7) is 1.96. The average molecular weight is 202 g/mol. The molecule has 74 valence electrons. The summed E-state index contributed by atoms with van der Waals surface area (Å²) < 4.78 is 5.60. The van der Waals surface area contributed by atoms with Crippen LogP contribution in [0, 0.1) is 6.92 Å². The Morgan fingerprint density at radius 1 is 1.06 bits per heavy atom. The summed E-state index contributed by atoms with van der Waals surface area (Å²) in [6.07, 6.45) is 0. The van der Waals surface area contributed by atoms with Gasteiger partial charge in [0.1, 0.15) is 0 Å². The number of hydrogen-bond acceptors (Lipinski definition) is 1. The van der Waals surface area contributed by atoms with Crippen LogP contribution in [0.15, 0.2) is 52.9 Å². The van der Waals surface area contributed by atoms with Gasteiger partial charge in [0.15, 0.2) is 0 Å². The van der Waals surface area contributed by atoms with Gasteiger partial charge in [0.25, 0.3) is 0 Å². The molecule has 2 heteroatoms. The molecule has 1 aromatic heterocycles. The van der Waals surface area contributed by atoms with Gasteiger partial charge in [-0.3, -0.25) is 0 Å². The normalized spacial score (nSPS) is 10.3.